The fourth-order valence-corrected chi connectivity index (χ4v) is 4.59. The van der Waals surface area contributed by atoms with Crippen LogP contribution in [-0.4, -0.2) is 33.8 Å². The highest BCUT2D eigenvalue weighted by Gasteiger charge is 2.20. The number of halogens is 1. The molecule has 0 unspecified atom stereocenters. The molecule has 8 heteroatoms. The molecule has 30 heavy (non-hydrogen) atoms. The Labute approximate surface area is 183 Å². The monoisotopic (exact) mass is 443 g/mol. The fraction of sp³-hybridized carbons (Fsp3) is 0.364. The van der Waals surface area contributed by atoms with Crippen molar-refractivity contribution in [1.82, 2.24) is 14.8 Å². The van der Waals surface area contributed by atoms with Crippen molar-refractivity contribution >= 4 is 28.7 Å². The summed E-state index contributed by atoms with van der Waals surface area (Å²) < 4.78 is 7.44. The second-order valence-electron chi connectivity index (χ2n) is 7.52. The van der Waals surface area contributed by atoms with E-state index in [1.807, 2.05) is 29.8 Å². The Hall–Kier alpha value is -2.35. The van der Waals surface area contributed by atoms with E-state index in [1.54, 1.807) is 29.7 Å². The van der Waals surface area contributed by atoms with Crippen molar-refractivity contribution in [1.29, 1.82) is 0 Å². The largest absolute Gasteiger partial charge is 0.381 e. The molecule has 1 saturated heterocycles. The van der Waals surface area contributed by atoms with E-state index in [2.05, 4.69) is 10.2 Å². The Morgan fingerprint density at radius 3 is 2.67 bits per heavy atom. The smallest absolute Gasteiger partial charge is 0.200 e. The van der Waals surface area contributed by atoms with E-state index in [1.165, 1.54) is 0 Å². The summed E-state index contributed by atoms with van der Waals surface area (Å²) in [5, 5.41) is 7.99. The Bertz CT molecular complexity index is 1100. The molecule has 0 saturated carbocycles. The Morgan fingerprint density at radius 2 is 2.00 bits per heavy atom. The number of rotatable bonds is 6. The van der Waals surface area contributed by atoms with Crippen LogP contribution in [0.25, 0.3) is 10.4 Å². The first-order chi connectivity index (χ1) is 14.5. The predicted molar refractivity (Wildman–Crippen MR) is 117 cm³/mol. The molecule has 0 aliphatic carbocycles. The minimum Gasteiger partial charge on any atom is -0.381 e. The molecule has 0 radical (unpaired) electrons. The van der Waals surface area contributed by atoms with Crippen LogP contribution in [0.5, 0.6) is 0 Å². The lowest BCUT2D eigenvalue weighted by molar-refractivity contribution is 0.0612. The van der Waals surface area contributed by atoms with E-state index < -0.39 is 0 Å². The number of carbonyl (C=O) groups is 1. The number of ketones is 1. The van der Waals surface area contributed by atoms with Crippen LogP contribution in [0.15, 0.2) is 41.5 Å². The van der Waals surface area contributed by atoms with Crippen LogP contribution < -0.4 is 5.43 Å². The average molecular weight is 444 g/mol. The quantitative estimate of drug-likeness (QED) is 0.534. The van der Waals surface area contributed by atoms with Gasteiger partial charge in [0.25, 0.3) is 0 Å². The lowest BCUT2D eigenvalue weighted by Gasteiger charge is -2.23. The molecule has 0 N–H and O–H groups in total. The fourth-order valence-electron chi connectivity index (χ4n) is 3.61. The van der Waals surface area contributed by atoms with Crippen molar-refractivity contribution in [3.63, 3.8) is 0 Å². The molecule has 4 rings (SSSR count). The number of thiophene rings is 1. The molecule has 4 heterocycles. The van der Waals surface area contributed by atoms with E-state index >= 15 is 0 Å². The molecular formula is C22H22ClN3O3S. The number of aromatic nitrogens is 3. The maximum Gasteiger partial charge on any atom is 0.200 e. The van der Waals surface area contributed by atoms with Gasteiger partial charge in [0.15, 0.2) is 10.9 Å². The second-order valence-corrected chi connectivity index (χ2v) is 9.20. The summed E-state index contributed by atoms with van der Waals surface area (Å²) in [6.07, 6.45) is 5.52. The molecule has 156 valence electrons. The van der Waals surface area contributed by atoms with Crippen molar-refractivity contribution < 1.29 is 9.53 Å². The van der Waals surface area contributed by atoms with Crippen LogP contribution in [0.2, 0.25) is 5.15 Å². The van der Waals surface area contributed by atoms with Gasteiger partial charge in [0, 0.05) is 41.9 Å². The number of hydrogen-bond donors (Lipinski definition) is 0. The maximum absolute atomic E-state index is 13.2. The number of carbonyl (C=O) groups excluding carboxylic acids is 1. The average Bonchev–Trinajstić information content (AvgIpc) is 3.17. The van der Waals surface area contributed by atoms with E-state index in [-0.39, 0.29) is 28.3 Å². The van der Waals surface area contributed by atoms with Gasteiger partial charge in [0.2, 0.25) is 5.43 Å². The number of ether oxygens (including phenoxy) is 1. The van der Waals surface area contributed by atoms with Gasteiger partial charge in [-0.1, -0.05) is 11.6 Å². The van der Waals surface area contributed by atoms with E-state index in [4.69, 9.17) is 16.3 Å². The number of aryl methyl sites for hydroxylation is 1. The molecule has 0 amide bonds. The van der Waals surface area contributed by atoms with E-state index in [9.17, 15) is 9.59 Å². The van der Waals surface area contributed by atoms with Gasteiger partial charge >= 0.3 is 0 Å². The van der Waals surface area contributed by atoms with E-state index in [0.717, 1.165) is 42.4 Å². The Kier molecular flexibility index (Phi) is 6.41. The van der Waals surface area contributed by atoms with Gasteiger partial charge < -0.3 is 9.30 Å². The van der Waals surface area contributed by atoms with Crippen molar-refractivity contribution in [2.24, 2.45) is 5.92 Å². The zero-order valence-corrected chi connectivity index (χ0v) is 18.2. The molecular weight excluding hydrogens is 422 g/mol. The van der Waals surface area contributed by atoms with Gasteiger partial charge in [-0.05, 0) is 49.9 Å². The number of Topliss-reactive ketones (excluding diaryl/α,β-unsaturated/α-hetero) is 1. The summed E-state index contributed by atoms with van der Waals surface area (Å²) in [6, 6.07) is 7.17. The number of hydrogen-bond acceptors (Lipinski definition) is 6. The van der Waals surface area contributed by atoms with Crippen LogP contribution in [0.3, 0.4) is 0 Å². The summed E-state index contributed by atoms with van der Waals surface area (Å²) in [4.78, 5) is 28.2. The van der Waals surface area contributed by atoms with Gasteiger partial charge in [-0.15, -0.1) is 16.4 Å². The Morgan fingerprint density at radius 1 is 1.20 bits per heavy atom. The SMILES string of the molecule is Cc1ccc(-c2cn(CC3CCOCC3)cc(C(=O)Cc3ccc(Cl)nn3)c2=O)s1. The first kappa shape index (κ1) is 20.9. The van der Waals surface area contributed by atoms with Gasteiger partial charge in [-0.2, -0.15) is 5.10 Å². The second kappa shape index (κ2) is 9.20. The summed E-state index contributed by atoms with van der Waals surface area (Å²) >= 11 is 7.33. The van der Waals surface area contributed by atoms with Gasteiger partial charge in [-0.25, -0.2) is 0 Å². The molecule has 0 aromatic carbocycles. The predicted octanol–water partition coefficient (Wildman–Crippen LogP) is 4.18. The standard InChI is InChI=1S/C22H22ClN3O3S/c1-14-2-4-20(30-14)18-13-26(11-15-6-8-29-9-7-15)12-17(22(18)28)19(27)10-16-3-5-21(23)25-24-16/h2-5,12-13,15H,6-11H2,1H3. The van der Waals surface area contributed by atoms with Crippen LogP contribution in [-0.2, 0) is 17.7 Å². The van der Waals surface area contributed by atoms with Gasteiger partial charge in [0.05, 0.1) is 23.2 Å². The third-order valence-electron chi connectivity index (χ3n) is 5.22. The molecule has 1 aliphatic heterocycles. The third-order valence-corrected chi connectivity index (χ3v) is 6.46. The summed E-state index contributed by atoms with van der Waals surface area (Å²) in [7, 11) is 0. The molecule has 0 bridgehead atoms. The zero-order valence-electron chi connectivity index (χ0n) is 16.6. The first-order valence-corrected chi connectivity index (χ1v) is 11.1. The minimum atomic E-state index is -0.271. The first-order valence-electron chi connectivity index (χ1n) is 9.89. The van der Waals surface area contributed by atoms with Crippen LogP contribution in [0.1, 0.15) is 33.8 Å². The lowest BCUT2D eigenvalue weighted by Crippen LogP contribution is -2.25. The van der Waals surface area contributed by atoms with Crippen molar-refractivity contribution in [3.8, 4) is 10.4 Å². The maximum atomic E-state index is 13.2. The van der Waals surface area contributed by atoms with Gasteiger partial charge in [0.1, 0.15) is 0 Å². The number of pyridine rings is 1. The number of nitrogens with zero attached hydrogens (tertiary/aromatic N) is 3. The lowest BCUT2D eigenvalue weighted by atomic mass is 9.99. The topological polar surface area (TPSA) is 74.1 Å². The van der Waals surface area contributed by atoms with Crippen molar-refractivity contribution in [2.75, 3.05) is 13.2 Å². The molecule has 1 fully saturated rings. The molecule has 3 aromatic heterocycles. The van der Waals surface area contributed by atoms with Crippen LogP contribution in [0, 0.1) is 12.8 Å². The molecule has 0 atom stereocenters. The van der Waals surface area contributed by atoms with Gasteiger partial charge in [-0.3, -0.25) is 9.59 Å². The highest BCUT2D eigenvalue weighted by atomic mass is 35.5. The summed E-state index contributed by atoms with van der Waals surface area (Å²) in [5.41, 5.74) is 0.986. The minimum absolute atomic E-state index is 0.00357. The van der Waals surface area contributed by atoms with Crippen molar-refractivity contribution in [2.45, 2.75) is 32.7 Å². The third kappa shape index (κ3) is 4.86. The van der Waals surface area contributed by atoms with Crippen molar-refractivity contribution in [3.05, 3.63) is 68.2 Å². The Balaban J connectivity index is 1.69. The summed E-state index contributed by atoms with van der Waals surface area (Å²) in [6.45, 7) is 4.26. The molecule has 3 aromatic rings. The highest BCUT2D eigenvalue weighted by Crippen LogP contribution is 2.26. The zero-order chi connectivity index (χ0) is 21.1. The van der Waals surface area contributed by atoms with Crippen LogP contribution >= 0.6 is 22.9 Å². The highest BCUT2D eigenvalue weighted by molar-refractivity contribution is 7.15. The molecule has 1 aliphatic rings. The molecule has 6 nitrogen and oxygen atoms in total. The summed E-state index contributed by atoms with van der Waals surface area (Å²) in [5.74, 6) is 0.191. The molecule has 0 spiro atoms. The van der Waals surface area contributed by atoms with E-state index in [0.29, 0.717) is 17.2 Å². The normalized spacial score (nSPS) is 14.7. The van der Waals surface area contributed by atoms with Crippen LogP contribution in [0.4, 0.5) is 0 Å².